The number of rotatable bonds is 5. The van der Waals surface area contributed by atoms with E-state index in [1.807, 2.05) is 0 Å². The molecule has 1 amide bonds. The van der Waals surface area contributed by atoms with Gasteiger partial charge in [0.1, 0.15) is 0 Å². The van der Waals surface area contributed by atoms with Crippen molar-refractivity contribution in [3.63, 3.8) is 0 Å². The fourth-order valence-corrected chi connectivity index (χ4v) is 3.74. The Hall–Kier alpha value is -3.67. The van der Waals surface area contributed by atoms with E-state index in [-0.39, 0.29) is 5.82 Å². The van der Waals surface area contributed by atoms with Gasteiger partial charge in [-0.2, -0.15) is 26.3 Å². The Bertz CT molecular complexity index is 1240. The SMILES string of the molecule is O=C(/C=C\n1nc(-c2ccccc2C(F)(F)F)nc1-c1ccccc1C(F)(F)F)NN1CCCC1. The highest BCUT2D eigenvalue weighted by Gasteiger charge is 2.36. The quantitative estimate of drug-likeness (QED) is 0.388. The van der Waals surface area contributed by atoms with Crippen LogP contribution in [0.3, 0.4) is 0 Å². The van der Waals surface area contributed by atoms with Crippen LogP contribution in [0, 0.1) is 0 Å². The minimum atomic E-state index is -4.76. The molecular formula is C23H19F6N5O. The average Bonchev–Trinajstić information content (AvgIpc) is 3.46. The molecule has 6 nitrogen and oxygen atoms in total. The molecular weight excluding hydrogens is 476 g/mol. The van der Waals surface area contributed by atoms with Crippen LogP contribution in [0.1, 0.15) is 24.0 Å². The van der Waals surface area contributed by atoms with Crippen LogP contribution in [0.5, 0.6) is 0 Å². The summed E-state index contributed by atoms with van der Waals surface area (Å²) in [5.74, 6) is -1.36. The molecule has 1 fully saturated rings. The van der Waals surface area contributed by atoms with Crippen molar-refractivity contribution < 1.29 is 31.1 Å². The molecule has 0 radical (unpaired) electrons. The molecule has 1 N–H and O–H groups in total. The summed E-state index contributed by atoms with van der Waals surface area (Å²) in [5, 5.41) is 5.71. The Labute approximate surface area is 195 Å². The molecule has 4 rings (SSSR count). The van der Waals surface area contributed by atoms with Gasteiger partial charge in [-0.1, -0.05) is 36.4 Å². The third kappa shape index (κ3) is 5.53. The maximum atomic E-state index is 13.7. The normalized spacial score (nSPS) is 15.1. The fraction of sp³-hybridized carbons (Fsp3) is 0.261. The summed E-state index contributed by atoms with van der Waals surface area (Å²) in [7, 11) is 0. The van der Waals surface area contributed by atoms with Gasteiger partial charge in [-0.15, -0.1) is 5.10 Å². The van der Waals surface area contributed by atoms with Gasteiger partial charge in [-0.05, 0) is 25.0 Å². The molecule has 12 heteroatoms. The topological polar surface area (TPSA) is 63.1 Å². The maximum absolute atomic E-state index is 13.7. The minimum Gasteiger partial charge on any atom is -0.285 e. The number of aromatic nitrogens is 3. The van der Waals surface area contributed by atoms with Crippen LogP contribution in [-0.2, 0) is 17.1 Å². The molecule has 35 heavy (non-hydrogen) atoms. The van der Waals surface area contributed by atoms with E-state index in [4.69, 9.17) is 0 Å². The number of hydrogen-bond donors (Lipinski definition) is 1. The first-order chi connectivity index (χ1) is 16.5. The van der Waals surface area contributed by atoms with Crippen LogP contribution in [0.4, 0.5) is 26.3 Å². The number of benzene rings is 2. The van der Waals surface area contributed by atoms with E-state index in [0.717, 1.165) is 54.1 Å². The predicted molar refractivity (Wildman–Crippen MR) is 115 cm³/mol. The molecule has 1 aromatic heterocycles. The number of carbonyl (C=O) groups is 1. The number of nitrogens with zero attached hydrogens (tertiary/aromatic N) is 4. The van der Waals surface area contributed by atoms with Crippen LogP contribution >= 0.6 is 0 Å². The Morgan fingerprint density at radius 3 is 2.00 bits per heavy atom. The monoisotopic (exact) mass is 495 g/mol. The van der Waals surface area contributed by atoms with Gasteiger partial charge in [0.2, 0.25) is 0 Å². The molecule has 0 unspecified atom stereocenters. The van der Waals surface area contributed by atoms with Gasteiger partial charge >= 0.3 is 12.4 Å². The Morgan fingerprint density at radius 2 is 1.40 bits per heavy atom. The van der Waals surface area contributed by atoms with E-state index in [1.54, 1.807) is 5.01 Å². The van der Waals surface area contributed by atoms with Gasteiger partial charge in [0, 0.05) is 36.5 Å². The van der Waals surface area contributed by atoms with Gasteiger partial charge in [0.05, 0.1) is 11.1 Å². The van der Waals surface area contributed by atoms with E-state index < -0.39 is 46.3 Å². The summed E-state index contributed by atoms with van der Waals surface area (Å²) >= 11 is 0. The number of amides is 1. The molecule has 0 atom stereocenters. The standard InChI is InChI=1S/C23H19F6N5O/c24-22(25,26)17-9-3-1-7-15(17)20-30-21(16-8-2-4-10-18(16)23(27,28)29)34(32-20)14-11-19(35)31-33-12-5-6-13-33/h1-4,7-11,14H,5-6,12-13H2,(H,31,35)/b14-11-. The van der Waals surface area contributed by atoms with Crippen molar-refractivity contribution in [2.75, 3.05) is 13.1 Å². The Balaban J connectivity index is 1.81. The molecule has 0 spiro atoms. The lowest BCUT2D eigenvalue weighted by atomic mass is 10.1. The van der Waals surface area contributed by atoms with Gasteiger partial charge < -0.3 is 0 Å². The van der Waals surface area contributed by atoms with E-state index >= 15 is 0 Å². The van der Waals surface area contributed by atoms with Crippen LogP contribution in [0.2, 0.25) is 0 Å². The number of halogens is 6. The van der Waals surface area contributed by atoms with Crippen molar-refractivity contribution in [1.82, 2.24) is 25.2 Å². The van der Waals surface area contributed by atoms with Gasteiger partial charge in [0.15, 0.2) is 11.6 Å². The first-order valence-corrected chi connectivity index (χ1v) is 10.6. The van der Waals surface area contributed by atoms with Crippen molar-refractivity contribution >= 4 is 12.1 Å². The third-order valence-electron chi connectivity index (χ3n) is 5.32. The summed E-state index contributed by atoms with van der Waals surface area (Å²) < 4.78 is 82.5. The van der Waals surface area contributed by atoms with Crippen molar-refractivity contribution in [2.45, 2.75) is 25.2 Å². The molecule has 1 aliphatic heterocycles. The summed E-state index contributed by atoms with van der Waals surface area (Å²) in [4.78, 5) is 16.3. The molecule has 1 aliphatic rings. The van der Waals surface area contributed by atoms with Crippen molar-refractivity contribution in [3.8, 4) is 22.8 Å². The number of nitrogens with one attached hydrogen (secondary N) is 1. The van der Waals surface area contributed by atoms with Crippen LogP contribution in [0.15, 0.2) is 54.6 Å². The first kappa shape index (κ1) is 24.5. The highest BCUT2D eigenvalue weighted by atomic mass is 19.4. The van der Waals surface area contributed by atoms with Crippen LogP contribution in [-0.4, -0.2) is 38.8 Å². The second-order valence-electron chi connectivity index (χ2n) is 7.78. The van der Waals surface area contributed by atoms with Crippen LogP contribution < -0.4 is 5.43 Å². The zero-order valence-corrected chi connectivity index (χ0v) is 18.1. The molecule has 0 bridgehead atoms. The molecule has 3 aromatic rings. The summed E-state index contributed by atoms with van der Waals surface area (Å²) in [6.07, 6.45) is -5.57. The lowest BCUT2D eigenvalue weighted by Crippen LogP contribution is -2.39. The van der Waals surface area contributed by atoms with Crippen molar-refractivity contribution in [1.29, 1.82) is 0 Å². The molecule has 1 saturated heterocycles. The smallest absolute Gasteiger partial charge is 0.285 e. The van der Waals surface area contributed by atoms with Crippen LogP contribution in [0.25, 0.3) is 29.0 Å². The largest absolute Gasteiger partial charge is 0.417 e. The zero-order chi connectivity index (χ0) is 25.2. The highest BCUT2D eigenvalue weighted by molar-refractivity contribution is 5.90. The minimum absolute atomic E-state index is 0.366. The molecule has 0 aliphatic carbocycles. The van der Waals surface area contributed by atoms with Gasteiger partial charge in [-0.25, -0.2) is 14.7 Å². The first-order valence-electron chi connectivity index (χ1n) is 10.6. The van der Waals surface area contributed by atoms with E-state index in [9.17, 15) is 31.1 Å². The molecule has 2 aromatic carbocycles. The second kappa shape index (κ2) is 9.53. The fourth-order valence-electron chi connectivity index (χ4n) is 3.74. The summed E-state index contributed by atoms with van der Waals surface area (Å²) in [6.45, 7) is 1.32. The molecule has 184 valence electrons. The van der Waals surface area contributed by atoms with Gasteiger partial charge in [0.25, 0.3) is 5.91 Å². The third-order valence-corrected chi connectivity index (χ3v) is 5.32. The van der Waals surface area contributed by atoms with E-state index in [2.05, 4.69) is 15.5 Å². The second-order valence-corrected chi connectivity index (χ2v) is 7.78. The summed E-state index contributed by atoms with van der Waals surface area (Å²) in [5.41, 5.74) is -0.251. The lowest BCUT2D eigenvalue weighted by molar-refractivity contribution is -0.137. The van der Waals surface area contributed by atoms with Crippen molar-refractivity contribution in [3.05, 3.63) is 65.7 Å². The Kier molecular flexibility index (Phi) is 6.66. The number of carbonyl (C=O) groups excluding carboxylic acids is 1. The number of hydrogen-bond acceptors (Lipinski definition) is 4. The predicted octanol–water partition coefficient (Wildman–Crippen LogP) is 5.25. The lowest BCUT2D eigenvalue weighted by Gasteiger charge is -2.14. The van der Waals surface area contributed by atoms with Crippen molar-refractivity contribution in [2.24, 2.45) is 0 Å². The highest BCUT2D eigenvalue weighted by Crippen LogP contribution is 2.39. The number of alkyl halides is 6. The molecule has 0 saturated carbocycles. The van der Waals surface area contributed by atoms with Gasteiger partial charge in [-0.3, -0.25) is 10.2 Å². The summed E-state index contributed by atoms with van der Waals surface area (Å²) in [6, 6.07) is 9.00. The zero-order valence-electron chi connectivity index (χ0n) is 18.1. The average molecular weight is 495 g/mol. The Morgan fingerprint density at radius 1 is 0.857 bits per heavy atom. The molecule has 2 heterocycles. The van der Waals surface area contributed by atoms with E-state index in [1.165, 1.54) is 24.3 Å². The van der Waals surface area contributed by atoms with E-state index in [0.29, 0.717) is 13.1 Å². The maximum Gasteiger partial charge on any atom is 0.417 e. The number of hydrazine groups is 1.